The molecule has 1 atom stereocenters. The van der Waals surface area contributed by atoms with Crippen molar-refractivity contribution in [2.75, 3.05) is 11.9 Å². The van der Waals surface area contributed by atoms with Gasteiger partial charge in [0.05, 0.1) is 4.90 Å². The molecule has 9 heteroatoms. The zero-order chi connectivity index (χ0) is 27.8. The second-order valence-electron chi connectivity index (χ2n) is 9.71. The molecule has 4 aromatic carbocycles. The molecular weight excluding hydrogens is 554 g/mol. The molecule has 39 heavy (non-hydrogen) atoms. The van der Waals surface area contributed by atoms with Crippen molar-refractivity contribution < 1.29 is 17.3 Å². The van der Waals surface area contributed by atoms with Crippen LogP contribution >= 0.6 is 18.9 Å². The van der Waals surface area contributed by atoms with Gasteiger partial charge in [0, 0.05) is 40.0 Å². The minimum absolute atomic E-state index is 0.0370. The van der Waals surface area contributed by atoms with E-state index in [9.17, 15) is 8.42 Å². The van der Waals surface area contributed by atoms with Crippen molar-refractivity contribution in [1.82, 2.24) is 0 Å². The van der Waals surface area contributed by atoms with Crippen molar-refractivity contribution in [3.05, 3.63) is 131 Å². The maximum atomic E-state index is 15.0. The Hall–Kier alpha value is -3.38. The normalized spacial score (nSPS) is 16.9. The third-order valence-corrected chi connectivity index (χ3v) is 11.8. The molecule has 0 spiro atoms. The average Bonchev–Trinajstić information content (AvgIpc) is 3.11. The Balaban J connectivity index is 1.85. The van der Waals surface area contributed by atoms with E-state index in [1.807, 2.05) is 36.2 Å². The van der Waals surface area contributed by atoms with Crippen LogP contribution < -0.4 is 14.7 Å². The molecule has 0 aromatic heterocycles. The molecule has 0 aliphatic carbocycles. The number of fused-ring (bicyclic) bond motifs is 1. The Morgan fingerprint density at radius 1 is 0.897 bits per heavy atom. The second kappa shape index (κ2) is 10.3. The van der Waals surface area contributed by atoms with Gasteiger partial charge >= 0.3 is 0 Å². The summed E-state index contributed by atoms with van der Waals surface area (Å²) < 4.78 is 53.7. The van der Waals surface area contributed by atoms with Crippen LogP contribution in [0.15, 0.2) is 124 Å². The Labute approximate surface area is 233 Å². The summed E-state index contributed by atoms with van der Waals surface area (Å²) in [5.74, 6) is 1.09. The number of halogens is 2. The van der Waals surface area contributed by atoms with Crippen LogP contribution in [-0.2, 0) is 15.4 Å². The van der Waals surface area contributed by atoms with Crippen LogP contribution in [0.2, 0.25) is 5.02 Å². The van der Waals surface area contributed by atoms with Gasteiger partial charge in [0.2, 0.25) is 7.28 Å². The van der Waals surface area contributed by atoms with E-state index in [0.29, 0.717) is 10.3 Å². The van der Waals surface area contributed by atoms with Gasteiger partial charge in [-0.1, -0.05) is 74.0 Å². The Bertz CT molecular complexity index is 1720. The number of sulfonamides is 1. The zero-order valence-electron chi connectivity index (χ0n) is 21.6. The van der Waals surface area contributed by atoms with Crippen molar-refractivity contribution >= 4 is 39.9 Å². The second-order valence-corrected chi connectivity index (χ2v) is 14.4. The number of allylic oxidation sites excluding steroid dienone is 1. The van der Waals surface area contributed by atoms with Crippen LogP contribution in [0.4, 0.5) is 10.1 Å². The zero-order valence-corrected chi connectivity index (χ0v) is 24.1. The topological polar surface area (TPSA) is 59.0 Å². The first-order valence-electron chi connectivity index (χ1n) is 12.2. The molecule has 1 heterocycles. The lowest BCUT2D eigenvalue weighted by Crippen LogP contribution is -2.24. The number of nitrogens with zero attached hydrogens (tertiary/aromatic N) is 2. The van der Waals surface area contributed by atoms with Gasteiger partial charge < -0.3 is 9.42 Å². The summed E-state index contributed by atoms with van der Waals surface area (Å²) in [5, 5.41) is 0.924. The highest BCUT2D eigenvalue weighted by atomic mass is 35.5. The molecule has 1 aliphatic heterocycles. The van der Waals surface area contributed by atoms with Crippen LogP contribution in [0, 0.1) is 5.82 Å². The van der Waals surface area contributed by atoms with Crippen LogP contribution in [0.1, 0.15) is 19.4 Å². The number of benzene rings is 4. The van der Waals surface area contributed by atoms with E-state index in [1.54, 1.807) is 42.2 Å². The fraction of sp³-hybridized carbons (Fsp3) is 0.133. The summed E-state index contributed by atoms with van der Waals surface area (Å²) in [7, 11) is -5.98. The van der Waals surface area contributed by atoms with Crippen LogP contribution in [0.25, 0.3) is 0 Å². The van der Waals surface area contributed by atoms with E-state index < -0.39 is 28.5 Å². The maximum Gasteiger partial charge on any atom is 0.284 e. The van der Waals surface area contributed by atoms with E-state index in [4.69, 9.17) is 16.1 Å². The first-order valence-corrected chi connectivity index (χ1v) is 15.8. The van der Waals surface area contributed by atoms with Crippen LogP contribution in [0.3, 0.4) is 0 Å². The number of hydrogen-bond donors (Lipinski definition) is 0. The van der Waals surface area contributed by atoms with Crippen molar-refractivity contribution in [3.63, 3.8) is 0 Å². The van der Waals surface area contributed by atoms with Crippen molar-refractivity contribution in [3.8, 4) is 5.75 Å². The largest absolute Gasteiger partial charge is 0.448 e. The van der Waals surface area contributed by atoms with E-state index >= 15 is 4.39 Å². The summed E-state index contributed by atoms with van der Waals surface area (Å²) in [5.41, 5.74) is 2.36. The Kier molecular flexibility index (Phi) is 7.19. The van der Waals surface area contributed by atoms with Gasteiger partial charge in [0.1, 0.15) is 0 Å². The molecule has 4 aromatic rings. The molecule has 0 saturated heterocycles. The average molecular weight is 581 g/mol. The molecule has 200 valence electrons. The Morgan fingerprint density at radius 3 is 2.18 bits per heavy atom. The van der Waals surface area contributed by atoms with Gasteiger partial charge in [-0.05, 0) is 60.2 Å². The first-order chi connectivity index (χ1) is 18.5. The van der Waals surface area contributed by atoms with E-state index in [2.05, 4.69) is 24.1 Å². The van der Waals surface area contributed by atoms with Crippen molar-refractivity contribution in [2.24, 2.45) is 4.15 Å². The fourth-order valence-corrected chi connectivity index (χ4v) is 9.90. The standard InChI is InChI=1S/C30H27ClFN2O3PS/c1-30(2)25-13-7-9-15-27(25)34(3)29(30)21-38(23-11-5-4-6-12-23,37-28-16-10-8-14-26(28)32)33-39(35,36)24-19-17-22(31)18-20-24/h4-21H,1-3H3/b29-21-. The molecule has 0 fully saturated rings. The smallest absolute Gasteiger partial charge is 0.284 e. The lowest BCUT2D eigenvalue weighted by molar-refractivity contribution is 0.529. The molecule has 1 aliphatic rings. The van der Waals surface area contributed by atoms with Crippen LogP contribution in [-0.4, -0.2) is 15.5 Å². The molecule has 1 unspecified atom stereocenters. The molecule has 5 nitrogen and oxygen atoms in total. The number of para-hydroxylation sites is 2. The molecule has 0 amide bonds. The number of rotatable bonds is 6. The van der Waals surface area contributed by atoms with E-state index in [1.165, 1.54) is 36.4 Å². The maximum absolute atomic E-state index is 15.0. The van der Waals surface area contributed by atoms with Crippen molar-refractivity contribution in [2.45, 2.75) is 24.2 Å². The quantitative estimate of drug-likeness (QED) is 0.217. The van der Waals surface area contributed by atoms with Gasteiger partial charge in [-0.3, -0.25) is 0 Å². The highest BCUT2D eigenvalue weighted by molar-refractivity contribution is 7.95. The Morgan fingerprint density at radius 2 is 1.51 bits per heavy atom. The first kappa shape index (κ1) is 27.2. The minimum Gasteiger partial charge on any atom is -0.448 e. The minimum atomic E-state index is -4.27. The van der Waals surface area contributed by atoms with Gasteiger partial charge in [0.15, 0.2) is 11.6 Å². The molecule has 0 N–H and O–H groups in total. The lowest BCUT2D eigenvalue weighted by atomic mass is 9.84. The van der Waals surface area contributed by atoms with Crippen molar-refractivity contribution in [1.29, 1.82) is 0 Å². The lowest BCUT2D eigenvalue weighted by Gasteiger charge is -2.29. The van der Waals surface area contributed by atoms with Crippen LogP contribution in [0.5, 0.6) is 5.75 Å². The van der Waals surface area contributed by atoms with E-state index in [0.717, 1.165) is 16.9 Å². The summed E-state index contributed by atoms with van der Waals surface area (Å²) in [6.07, 6.45) is 0. The summed E-state index contributed by atoms with van der Waals surface area (Å²) in [4.78, 5) is 1.98. The van der Waals surface area contributed by atoms with Gasteiger partial charge in [-0.2, -0.15) is 8.42 Å². The third-order valence-electron chi connectivity index (χ3n) is 6.78. The predicted octanol–water partition coefficient (Wildman–Crippen LogP) is 7.96. The number of likely N-dealkylation sites (N-methyl/N-ethyl adjacent to an activating group) is 1. The summed E-state index contributed by atoms with van der Waals surface area (Å²) in [6, 6.07) is 28.7. The monoisotopic (exact) mass is 580 g/mol. The molecule has 0 saturated carbocycles. The SMILES string of the molecule is CN1/C(=C\P(=NS(=O)(=O)c2ccc(Cl)cc2)(Oc2ccccc2F)c2ccccc2)C(C)(C)c2ccccc21. The molecular formula is C30H27ClFN2O3PS. The highest BCUT2D eigenvalue weighted by Crippen LogP contribution is 2.58. The molecule has 0 radical (unpaired) electrons. The molecule has 0 bridgehead atoms. The predicted molar refractivity (Wildman–Crippen MR) is 157 cm³/mol. The number of hydrogen-bond acceptors (Lipinski definition) is 4. The summed E-state index contributed by atoms with van der Waals surface area (Å²) >= 11 is 6.02. The number of anilines is 1. The van der Waals surface area contributed by atoms with Gasteiger partial charge in [-0.15, -0.1) is 4.15 Å². The van der Waals surface area contributed by atoms with Gasteiger partial charge in [0.25, 0.3) is 10.0 Å². The molecule has 5 rings (SSSR count). The fourth-order valence-electron chi connectivity index (χ4n) is 4.76. The third kappa shape index (κ3) is 5.14. The van der Waals surface area contributed by atoms with Gasteiger partial charge in [-0.25, -0.2) is 4.39 Å². The summed E-state index contributed by atoms with van der Waals surface area (Å²) in [6.45, 7) is 4.13. The van der Waals surface area contributed by atoms with E-state index in [-0.39, 0.29) is 10.6 Å². The highest BCUT2D eigenvalue weighted by Gasteiger charge is 2.41.